The molecule has 0 unspecified atom stereocenters. The fourth-order valence-electron chi connectivity index (χ4n) is 1.59. The molecule has 1 nitrogen and oxygen atoms in total. The Bertz CT molecular complexity index is 551. The van der Waals surface area contributed by atoms with Crippen molar-refractivity contribution in [3.05, 3.63) is 62.8 Å². The molecule has 0 aliphatic heterocycles. The van der Waals surface area contributed by atoms with E-state index in [1.807, 2.05) is 25.1 Å². The zero-order chi connectivity index (χ0) is 13.1. The van der Waals surface area contributed by atoms with Crippen LogP contribution < -0.4 is 4.74 Å². The third kappa shape index (κ3) is 3.03. The molecule has 0 heterocycles. The average Bonchev–Trinajstić information content (AvgIpc) is 2.31. The lowest BCUT2D eigenvalue weighted by molar-refractivity contribution is 0.298. The molecule has 94 valence electrons. The SMILES string of the molecule is Cc1cc(Br)ccc1OCc1c(F)cccc1Cl. The first kappa shape index (κ1) is 13.4. The summed E-state index contributed by atoms with van der Waals surface area (Å²) in [7, 11) is 0. The number of hydrogen-bond acceptors (Lipinski definition) is 1. The van der Waals surface area contributed by atoms with E-state index in [1.54, 1.807) is 12.1 Å². The van der Waals surface area contributed by atoms with Gasteiger partial charge >= 0.3 is 0 Å². The van der Waals surface area contributed by atoms with E-state index in [0.29, 0.717) is 10.6 Å². The number of aryl methyl sites for hydroxylation is 1. The van der Waals surface area contributed by atoms with Crippen molar-refractivity contribution >= 4 is 27.5 Å². The molecule has 0 aromatic heterocycles. The summed E-state index contributed by atoms with van der Waals surface area (Å²) in [5, 5.41) is 0.379. The first-order valence-corrected chi connectivity index (χ1v) is 6.57. The molecular formula is C14H11BrClFO. The van der Waals surface area contributed by atoms with E-state index in [2.05, 4.69) is 15.9 Å². The summed E-state index contributed by atoms with van der Waals surface area (Å²) in [5.41, 5.74) is 1.36. The third-order valence-corrected chi connectivity index (χ3v) is 3.42. The second kappa shape index (κ2) is 5.72. The van der Waals surface area contributed by atoms with Gasteiger partial charge in [-0.05, 0) is 42.8 Å². The van der Waals surface area contributed by atoms with E-state index < -0.39 is 0 Å². The first-order valence-electron chi connectivity index (χ1n) is 5.40. The largest absolute Gasteiger partial charge is 0.488 e. The van der Waals surface area contributed by atoms with Crippen molar-refractivity contribution in [2.75, 3.05) is 0 Å². The van der Waals surface area contributed by atoms with Crippen LogP contribution in [0.25, 0.3) is 0 Å². The first-order chi connectivity index (χ1) is 8.58. The molecule has 0 saturated carbocycles. The lowest BCUT2D eigenvalue weighted by atomic mass is 10.2. The molecule has 2 aromatic carbocycles. The number of benzene rings is 2. The highest BCUT2D eigenvalue weighted by Crippen LogP contribution is 2.25. The van der Waals surface area contributed by atoms with Crippen LogP contribution in [0, 0.1) is 12.7 Å². The summed E-state index contributed by atoms with van der Waals surface area (Å²) < 4.78 is 20.1. The maximum Gasteiger partial charge on any atom is 0.131 e. The minimum Gasteiger partial charge on any atom is -0.488 e. The molecule has 0 bridgehead atoms. The van der Waals surface area contributed by atoms with Crippen LogP contribution in [-0.4, -0.2) is 0 Å². The Morgan fingerprint density at radius 2 is 2.06 bits per heavy atom. The van der Waals surface area contributed by atoms with Gasteiger partial charge in [-0.15, -0.1) is 0 Å². The molecule has 18 heavy (non-hydrogen) atoms. The Hall–Kier alpha value is -1.06. The average molecular weight is 330 g/mol. The van der Waals surface area contributed by atoms with Crippen molar-refractivity contribution in [2.45, 2.75) is 13.5 Å². The van der Waals surface area contributed by atoms with E-state index in [-0.39, 0.29) is 12.4 Å². The monoisotopic (exact) mass is 328 g/mol. The van der Waals surface area contributed by atoms with E-state index in [4.69, 9.17) is 16.3 Å². The summed E-state index contributed by atoms with van der Waals surface area (Å²) >= 11 is 9.31. The number of ether oxygens (including phenoxy) is 1. The Kier molecular flexibility index (Phi) is 4.25. The smallest absolute Gasteiger partial charge is 0.131 e. The summed E-state index contributed by atoms with van der Waals surface area (Å²) in [6.45, 7) is 2.05. The quantitative estimate of drug-likeness (QED) is 0.758. The van der Waals surface area contributed by atoms with Gasteiger partial charge in [0.05, 0.1) is 5.02 Å². The van der Waals surface area contributed by atoms with Crippen LogP contribution in [0.4, 0.5) is 4.39 Å². The summed E-state index contributed by atoms with van der Waals surface area (Å²) in [6, 6.07) is 10.3. The predicted octanol–water partition coefficient (Wildman–Crippen LogP) is 5.13. The Morgan fingerprint density at radius 1 is 1.28 bits per heavy atom. The van der Waals surface area contributed by atoms with Crippen LogP contribution in [0.15, 0.2) is 40.9 Å². The van der Waals surface area contributed by atoms with Crippen molar-refractivity contribution in [2.24, 2.45) is 0 Å². The zero-order valence-corrected chi connectivity index (χ0v) is 12.1. The molecular weight excluding hydrogens is 319 g/mol. The molecule has 4 heteroatoms. The van der Waals surface area contributed by atoms with Crippen LogP contribution >= 0.6 is 27.5 Å². The number of rotatable bonds is 3. The molecule has 0 atom stereocenters. The standard InChI is InChI=1S/C14H11BrClFO/c1-9-7-10(15)5-6-14(9)18-8-11-12(16)3-2-4-13(11)17/h2-7H,8H2,1H3. The summed E-state index contributed by atoms with van der Waals surface area (Å²) in [6.07, 6.45) is 0. The van der Waals surface area contributed by atoms with Crippen LogP contribution in [0.1, 0.15) is 11.1 Å². The Morgan fingerprint density at radius 3 is 2.72 bits per heavy atom. The predicted molar refractivity (Wildman–Crippen MR) is 74.6 cm³/mol. The summed E-state index contributed by atoms with van der Waals surface area (Å²) in [4.78, 5) is 0. The molecule has 0 radical (unpaired) electrons. The van der Waals surface area contributed by atoms with Gasteiger partial charge in [-0.1, -0.05) is 33.6 Å². The number of hydrogen-bond donors (Lipinski definition) is 0. The molecule has 0 amide bonds. The molecule has 2 aromatic rings. The second-order valence-corrected chi connectivity index (χ2v) is 5.22. The van der Waals surface area contributed by atoms with Crippen molar-refractivity contribution in [1.29, 1.82) is 0 Å². The van der Waals surface area contributed by atoms with Crippen LogP contribution in [0.2, 0.25) is 5.02 Å². The van der Waals surface area contributed by atoms with Gasteiger partial charge in [-0.3, -0.25) is 0 Å². The highest BCUT2D eigenvalue weighted by atomic mass is 79.9. The van der Waals surface area contributed by atoms with E-state index in [0.717, 1.165) is 15.8 Å². The molecule has 2 rings (SSSR count). The lowest BCUT2D eigenvalue weighted by Crippen LogP contribution is -2.00. The molecule has 0 N–H and O–H groups in total. The van der Waals surface area contributed by atoms with Crippen molar-refractivity contribution in [3.8, 4) is 5.75 Å². The van der Waals surface area contributed by atoms with E-state index in [9.17, 15) is 4.39 Å². The normalized spacial score (nSPS) is 10.4. The van der Waals surface area contributed by atoms with Gasteiger partial charge in [0.15, 0.2) is 0 Å². The van der Waals surface area contributed by atoms with Gasteiger partial charge < -0.3 is 4.74 Å². The van der Waals surface area contributed by atoms with E-state index >= 15 is 0 Å². The molecule has 0 fully saturated rings. The van der Waals surface area contributed by atoms with Crippen molar-refractivity contribution in [1.82, 2.24) is 0 Å². The van der Waals surface area contributed by atoms with Crippen LogP contribution in [-0.2, 0) is 6.61 Å². The fraction of sp³-hybridized carbons (Fsp3) is 0.143. The van der Waals surface area contributed by atoms with Gasteiger partial charge in [0.1, 0.15) is 18.2 Å². The highest BCUT2D eigenvalue weighted by Gasteiger charge is 2.08. The van der Waals surface area contributed by atoms with Crippen LogP contribution in [0.3, 0.4) is 0 Å². The lowest BCUT2D eigenvalue weighted by Gasteiger charge is -2.11. The second-order valence-electron chi connectivity index (χ2n) is 3.90. The minimum atomic E-state index is -0.350. The Labute approximate surface area is 119 Å². The maximum atomic E-state index is 13.5. The van der Waals surface area contributed by atoms with Gasteiger partial charge in [-0.25, -0.2) is 4.39 Å². The minimum absolute atomic E-state index is 0.119. The molecule has 0 aliphatic rings. The molecule has 0 spiro atoms. The van der Waals surface area contributed by atoms with Crippen molar-refractivity contribution in [3.63, 3.8) is 0 Å². The van der Waals surface area contributed by atoms with Gasteiger partial charge in [0.2, 0.25) is 0 Å². The molecule has 0 saturated heterocycles. The maximum absolute atomic E-state index is 13.5. The van der Waals surface area contributed by atoms with E-state index in [1.165, 1.54) is 6.07 Å². The summed E-state index contributed by atoms with van der Waals surface area (Å²) in [5.74, 6) is 0.370. The number of halogens is 3. The Balaban J connectivity index is 2.16. The van der Waals surface area contributed by atoms with Gasteiger partial charge in [0.25, 0.3) is 0 Å². The zero-order valence-electron chi connectivity index (χ0n) is 9.71. The highest BCUT2D eigenvalue weighted by molar-refractivity contribution is 9.10. The topological polar surface area (TPSA) is 9.23 Å². The third-order valence-electron chi connectivity index (χ3n) is 2.57. The van der Waals surface area contributed by atoms with Crippen molar-refractivity contribution < 1.29 is 9.13 Å². The fourth-order valence-corrected chi connectivity index (χ4v) is 2.29. The van der Waals surface area contributed by atoms with Gasteiger partial charge in [0, 0.05) is 10.0 Å². The van der Waals surface area contributed by atoms with Gasteiger partial charge in [-0.2, -0.15) is 0 Å². The van der Waals surface area contributed by atoms with Crippen LogP contribution in [0.5, 0.6) is 5.75 Å². The molecule has 0 aliphatic carbocycles.